The Balaban J connectivity index is 1.96. The number of ether oxygens (including phenoxy) is 1. The number of allylic oxidation sites excluding steroid dienone is 1. The average Bonchev–Trinajstić information content (AvgIpc) is 2.63. The monoisotopic (exact) mass is 297 g/mol. The molecule has 0 fully saturated rings. The molecule has 2 heterocycles. The van der Waals surface area contributed by atoms with E-state index in [1.165, 1.54) is 35.1 Å². The molecular weight excluding hydrogens is 274 g/mol. The quantitative estimate of drug-likeness (QED) is 0.779. The van der Waals surface area contributed by atoms with Gasteiger partial charge in [-0.3, -0.25) is 0 Å². The van der Waals surface area contributed by atoms with Gasteiger partial charge in [-0.05, 0) is 73.9 Å². The van der Waals surface area contributed by atoms with Gasteiger partial charge in [0.05, 0.1) is 12.8 Å². The lowest BCUT2D eigenvalue weighted by Gasteiger charge is -2.40. The molecule has 1 unspecified atom stereocenters. The van der Waals surface area contributed by atoms with Crippen LogP contribution in [0.25, 0.3) is 0 Å². The second kappa shape index (κ2) is 4.87. The van der Waals surface area contributed by atoms with Gasteiger partial charge in [0.15, 0.2) is 0 Å². The standard InChI is InChI=1S/C19H23NO2/c1-12-15-10-13-7-8-14(21-3)11-16(13)19(2)9-5-4-6-17(12)22-20-18(15)19/h7-8,11,17H,4-6,9-10H2,1-3H3/t17-,19?/m0/s1. The van der Waals surface area contributed by atoms with Gasteiger partial charge in [0.1, 0.15) is 11.9 Å². The Kier molecular flexibility index (Phi) is 3.07. The summed E-state index contributed by atoms with van der Waals surface area (Å²) < 4.78 is 5.46. The van der Waals surface area contributed by atoms with Crippen LogP contribution >= 0.6 is 0 Å². The van der Waals surface area contributed by atoms with E-state index < -0.39 is 0 Å². The maximum absolute atomic E-state index is 5.85. The number of nitrogens with zero attached hydrogens (tertiary/aromatic N) is 1. The van der Waals surface area contributed by atoms with Crippen LogP contribution < -0.4 is 4.74 Å². The first-order valence-electron chi connectivity index (χ1n) is 8.25. The minimum Gasteiger partial charge on any atom is -0.497 e. The van der Waals surface area contributed by atoms with Gasteiger partial charge in [-0.1, -0.05) is 17.6 Å². The smallest absolute Gasteiger partial charge is 0.149 e. The van der Waals surface area contributed by atoms with E-state index in [2.05, 4.69) is 37.2 Å². The van der Waals surface area contributed by atoms with Crippen molar-refractivity contribution in [1.29, 1.82) is 0 Å². The number of benzene rings is 1. The van der Waals surface area contributed by atoms with E-state index >= 15 is 0 Å². The van der Waals surface area contributed by atoms with Crippen molar-refractivity contribution in [1.82, 2.24) is 0 Å². The van der Waals surface area contributed by atoms with Crippen molar-refractivity contribution in [3.05, 3.63) is 40.5 Å². The third-order valence-electron chi connectivity index (χ3n) is 5.71. The predicted molar refractivity (Wildman–Crippen MR) is 87.5 cm³/mol. The third kappa shape index (κ3) is 1.84. The summed E-state index contributed by atoms with van der Waals surface area (Å²) in [6.07, 6.45) is 5.78. The Morgan fingerprint density at radius 1 is 1.32 bits per heavy atom. The lowest BCUT2D eigenvalue weighted by atomic mass is 9.65. The first-order valence-corrected chi connectivity index (χ1v) is 8.25. The molecule has 0 radical (unpaired) electrons. The summed E-state index contributed by atoms with van der Waals surface area (Å²) in [5, 5.41) is 4.59. The highest BCUT2D eigenvalue weighted by atomic mass is 16.6. The number of hydrogen-bond acceptors (Lipinski definition) is 3. The first kappa shape index (κ1) is 13.9. The van der Waals surface area contributed by atoms with E-state index in [4.69, 9.17) is 9.57 Å². The second-order valence-corrected chi connectivity index (χ2v) is 6.97. The lowest BCUT2D eigenvalue weighted by molar-refractivity contribution is 0.0720. The van der Waals surface area contributed by atoms with Gasteiger partial charge in [-0.25, -0.2) is 0 Å². The van der Waals surface area contributed by atoms with Gasteiger partial charge in [0.2, 0.25) is 0 Å². The van der Waals surface area contributed by atoms with E-state index in [1.54, 1.807) is 7.11 Å². The molecule has 2 aliphatic carbocycles. The van der Waals surface area contributed by atoms with Crippen LogP contribution in [0.2, 0.25) is 0 Å². The van der Waals surface area contributed by atoms with E-state index in [0.29, 0.717) is 0 Å². The molecule has 0 N–H and O–H groups in total. The van der Waals surface area contributed by atoms with Crippen LogP contribution in [0.3, 0.4) is 0 Å². The number of oxime groups is 1. The van der Waals surface area contributed by atoms with Crippen molar-refractivity contribution in [2.24, 2.45) is 5.16 Å². The SMILES string of the molecule is COc1ccc2c(c1)C1(C)CCCC[C@@H]3ON=C1C(=C3C)C2. The van der Waals surface area contributed by atoms with Gasteiger partial charge in [-0.2, -0.15) is 0 Å². The number of rotatable bonds is 1. The van der Waals surface area contributed by atoms with Crippen LogP contribution in [0.15, 0.2) is 34.5 Å². The first-order chi connectivity index (χ1) is 10.6. The number of fused-ring (bicyclic) bond motifs is 5. The Labute approximate surface area is 132 Å². The van der Waals surface area contributed by atoms with Crippen LogP contribution in [0.5, 0.6) is 5.75 Å². The minimum absolute atomic E-state index is 0.0615. The van der Waals surface area contributed by atoms with Gasteiger partial charge in [-0.15, -0.1) is 0 Å². The molecular formula is C19H23NO2. The molecule has 3 nitrogen and oxygen atoms in total. The highest BCUT2D eigenvalue weighted by Gasteiger charge is 2.44. The zero-order valence-electron chi connectivity index (χ0n) is 13.6. The molecule has 3 heteroatoms. The molecule has 0 aromatic heterocycles. The van der Waals surface area contributed by atoms with Crippen molar-refractivity contribution in [3.63, 3.8) is 0 Å². The van der Waals surface area contributed by atoms with Crippen LogP contribution in [-0.2, 0) is 16.7 Å². The van der Waals surface area contributed by atoms with Gasteiger partial charge in [0, 0.05) is 5.41 Å². The Bertz CT molecular complexity index is 689. The summed E-state index contributed by atoms with van der Waals surface area (Å²) >= 11 is 0. The molecule has 0 amide bonds. The molecule has 1 aromatic carbocycles. The Morgan fingerprint density at radius 3 is 3.00 bits per heavy atom. The molecule has 0 saturated heterocycles. The van der Waals surface area contributed by atoms with E-state index in [0.717, 1.165) is 30.7 Å². The van der Waals surface area contributed by atoms with E-state index in [1.807, 2.05) is 0 Å². The molecule has 116 valence electrons. The summed E-state index contributed by atoms with van der Waals surface area (Å²) in [5.74, 6) is 0.930. The summed E-state index contributed by atoms with van der Waals surface area (Å²) in [4.78, 5) is 5.85. The minimum atomic E-state index is -0.0615. The third-order valence-corrected chi connectivity index (χ3v) is 5.71. The summed E-state index contributed by atoms with van der Waals surface area (Å²) in [6.45, 7) is 4.56. The molecule has 4 aliphatic rings. The van der Waals surface area contributed by atoms with Crippen molar-refractivity contribution < 1.29 is 9.57 Å². The molecule has 22 heavy (non-hydrogen) atoms. The highest BCUT2D eigenvalue weighted by molar-refractivity contribution is 6.10. The highest BCUT2D eigenvalue weighted by Crippen LogP contribution is 2.46. The fourth-order valence-electron chi connectivity index (χ4n) is 4.29. The molecule has 2 atom stereocenters. The zero-order valence-corrected chi connectivity index (χ0v) is 13.6. The second-order valence-electron chi connectivity index (χ2n) is 6.97. The largest absolute Gasteiger partial charge is 0.497 e. The molecule has 5 rings (SSSR count). The maximum atomic E-state index is 5.85. The Hall–Kier alpha value is -1.77. The van der Waals surface area contributed by atoms with E-state index in [9.17, 15) is 0 Å². The van der Waals surface area contributed by atoms with Crippen molar-refractivity contribution in [2.45, 2.75) is 57.5 Å². The lowest BCUT2D eigenvalue weighted by Crippen LogP contribution is -2.41. The average molecular weight is 297 g/mol. The number of methoxy groups -OCH3 is 1. The Morgan fingerprint density at radius 2 is 2.18 bits per heavy atom. The van der Waals surface area contributed by atoms with Crippen molar-refractivity contribution in [2.75, 3.05) is 7.11 Å². The number of hydrogen-bond donors (Lipinski definition) is 0. The topological polar surface area (TPSA) is 30.8 Å². The van der Waals surface area contributed by atoms with Crippen LogP contribution in [0.1, 0.15) is 50.7 Å². The van der Waals surface area contributed by atoms with E-state index in [-0.39, 0.29) is 11.5 Å². The fourth-order valence-corrected chi connectivity index (χ4v) is 4.29. The summed E-state index contributed by atoms with van der Waals surface area (Å²) in [6, 6.07) is 6.51. The van der Waals surface area contributed by atoms with Crippen LogP contribution in [0, 0.1) is 0 Å². The molecule has 0 saturated carbocycles. The van der Waals surface area contributed by atoms with Crippen LogP contribution in [-0.4, -0.2) is 18.9 Å². The molecule has 0 spiro atoms. The van der Waals surface area contributed by atoms with Crippen molar-refractivity contribution in [3.8, 4) is 5.75 Å². The predicted octanol–water partition coefficient (Wildman–Crippen LogP) is 4.15. The van der Waals surface area contributed by atoms with Gasteiger partial charge in [0.25, 0.3) is 0 Å². The molecule has 4 bridgehead atoms. The van der Waals surface area contributed by atoms with Crippen LogP contribution in [0.4, 0.5) is 0 Å². The normalized spacial score (nSPS) is 29.8. The fraction of sp³-hybridized carbons (Fsp3) is 0.526. The van der Waals surface area contributed by atoms with Gasteiger partial charge >= 0.3 is 0 Å². The summed E-state index contributed by atoms with van der Waals surface area (Å²) in [7, 11) is 1.73. The molecule has 2 aliphatic heterocycles. The summed E-state index contributed by atoms with van der Waals surface area (Å²) in [5.41, 5.74) is 6.68. The molecule has 1 aromatic rings. The zero-order chi connectivity index (χ0) is 15.3. The van der Waals surface area contributed by atoms with Crippen molar-refractivity contribution >= 4 is 5.71 Å². The maximum Gasteiger partial charge on any atom is 0.149 e. The van der Waals surface area contributed by atoms with Gasteiger partial charge < -0.3 is 9.57 Å².